The number of nitrogens with one attached hydrogen (secondary N) is 1. The molecule has 0 saturated carbocycles. The average molecular weight is 314 g/mol. The van der Waals surface area contributed by atoms with Crippen molar-refractivity contribution >= 4 is 10.2 Å². The standard InChI is InChI=1S/C17H18N2O2S/c20-22(21)18-13-17(10-15-8-4-5-9-16(15)11-17)19(22)12-14-6-2-1-3-7-14/h1-9,18H,10-13H2. The summed E-state index contributed by atoms with van der Waals surface area (Å²) in [5.74, 6) is 0. The molecular formula is C17H18N2O2S. The molecule has 1 aliphatic carbocycles. The van der Waals surface area contributed by atoms with Crippen LogP contribution in [0.15, 0.2) is 54.6 Å². The molecule has 1 N–H and O–H groups in total. The number of fused-ring (bicyclic) bond motifs is 1. The van der Waals surface area contributed by atoms with Crippen LogP contribution in [0.1, 0.15) is 16.7 Å². The quantitative estimate of drug-likeness (QED) is 0.920. The van der Waals surface area contributed by atoms with Gasteiger partial charge in [-0.2, -0.15) is 12.7 Å². The van der Waals surface area contributed by atoms with E-state index in [1.165, 1.54) is 11.1 Å². The monoisotopic (exact) mass is 314 g/mol. The smallest absolute Gasteiger partial charge is 0.200 e. The van der Waals surface area contributed by atoms with Crippen molar-refractivity contribution in [2.24, 2.45) is 0 Å². The Balaban J connectivity index is 1.71. The molecule has 2 aromatic carbocycles. The summed E-state index contributed by atoms with van der Waals surface area (Å²) in [7, 11) is -3.41. The molecule has 0 radical (unpaired) electrons. The Morgan fingerprint density at radius 1 is 0.955 bits per heavy atom. The highest BCUT2D eigenvalue weighted by Gasteiger charge is 2.52. The second kappa shape index (κ2) is 4.91. The zero-order chi connectivity index (χ0) is 15.2. The first kappa shape index (κ1) is 13.9. The summed E-state index contributed by atoms with van der Waals surface area (Å²) < 4.78 is 29.4. The van der Waals surface area contributed by atoms with Gasteiger partial charge in [0.05, 0.1) is 5.54 Å². The van der Waals surface area contributed by atoms with E-state index in [4.69, 9.17) is 0 Å². The molecule has 0 bridgehead atoms. The van der Waals surface area contributed by atoms with Crippen molar-refractivity contribution in [3.05, 3.63) is 71.3 Å². The fourth-order valence-electron chi connectivity index (χ4n) is 3.62. The number of nitrogens with zero attached hydrogens (tertiary/aromatic N) is 1. The molecule has 1 heterocycles. The maximum absolute atomic E-state index is 12.5. The van der Waals surface area contributed by atoms with E-state index >= 15 is 0 Å². The first-order chi connectivity index (χ1) is 10.6. The second-order valence-corrected chi connectivity index (χ2v) is 7.84. The summed E-state index contributed by atoms with van der Waals surface area (Å²) in [6.45, 7) is 0.904. The van der Waals surface area contributed by atoms with Gasteiger partial charge in [-0.25, -0.2) is 4.72 Å². The van der Waals surface area contributed by atoms with Crippen molar-refractivity contribution < 1.29 is 8.42 Å². The summed E-state index contributed by atoms with van der Waals surface area (Å²) in [5, 5.41) is 0. The van der Waals surface area contributed by atoms with E-state index in [0.29, 0.717) is 13.1 Å². The third-order valence-electron chi connectivity index (χ3n) is 4.73. The Labute approximate surface area is 131 Å². The predicted octanol–water partition coefficient (Wildman–Crippen LogP) is 1.87. The van der Waals surface area contributed by atoms with Gasteiger partial charge in [-0.3, -0.25) is 0 Å². The average Bonchev–Trinajstić information content (AvgIpc) is 3.01. The molecule has 1 saturated heterocycles. The van der Waals surface area contributed by atoms with Gasteiger partial charge >= 0.3 is 0 Å². The number of rotatable bonds is 2. The van der Waals surface area contributed by atoms with Crippen LogP contribution in [0.3, 0.4) is 0 Å². The summed E-state index contributed by atoms with van der Waals surface area (Å²) in [4.78, 5) is 0. The SMILES string of the molecule is O=S1(=O)NCC2(Cc3ccccc3C2)N1Cc1ccccc1. The highest BCUT2D eigenvalue weighted by molar-refractivity contribution is 7.87. The molecule has 2 aromatic rings. The zero-order valence-electron chi connectivity index (χ0n) is 12.2. The largest absolute Gasteiger partial charge is 0.280 e. The lowest BCUT2D eigenvalue weighted by Crippen LogP contribution is -2.47. The van der Waals surface area contributed by atoms with Crippen molar-refractivity contribution in [1.82, 2.24) is 9.03 Å². The minimum absolute atomic E-state index is 0.363. The van der Waals surface area contributed by atoms with E-state index in [2.05, 4.69) is 16.9 Å². The molecule has 0 amide bonds. The van der Waals surface area contributed by atoms with Crippen LogP contribution in [0.5, 0.6) is 0 Å². The van der Waals surface area contributed by atoms with Crippen LogP contribution < -0.4 is 4.72 Å². The summed E-state index contributed by atoms with van der Waals surface area (Å²) in [5.41, 5.74) is 3.18. The number of hydrogen-bond acceptors (Lipinski definition) is 2. The highest BCUT2D eigenvalue weighted by Crippen LogP contribution is 2.39. The molecule has 22 heavy (non-hydrogen) atoms. The maximum atomic E-state index is 12.5. The van der Waals surface area contributed by atoms with E-state index in [-0.39, 0.29) is 5.54 Å². The molecule has 2 aliphatic rings. The fraction of sp³-hybridized carbons (Fsp3) is 0.294. The van der Waals surface area contributed by atoms with E-state index in [1.54, 1.807) is 4.31 Å². The van der Waals surface area contributed by atoms with Crippen LogP contribution in [0.25, 0.3) is 0 Å². The minimum atomic E-state index is -3.41. The van der Waals surface area contributed by atoms with Crippen molar-refractivity contribution in [2.45, 2.75) is 24.9 Å². The van der Waals surface area contributed by atoms with Gasteiger partial charge in [0.2, 0.25) is 0 Å². The van der Waals surface area contributed by atoms with Gasteiger partial charge in [-0.05, 0) is 29.5 Å². The van der Waals surface area contributed by atoms with Crippen LogP contribution in [0, 0.1) is 0 Å². The van der Waals surface area contributed by atoms with Crippen LogP contribution in [0.2, 0.25) is 0 Å². The third kappa shape index (κ3) is 2.17. The highest BCUT2D eigenvalue weighted by atomic mass is 32.2. The van der Waals surface area contributed by atoms with Gasteiger partial charge in [-0.15, -0.1) is 0 Å². The van der Waals surface area contributed by atoms with E-state index < -0.39 is 10.2 Å². The summed E-state index contributed by atoms with van der Waals surface area (Å²) in [6, 6.07) is 18.1. The minimum Gasteiger partial charge on any atom is -0.200 e. The van der Waals surface area contributed by atoms with Gasteiger partial charge in [0, 0.05) is 13.1 Å². The normalized spacial score (nSPS) is 22.0. The molecule has 1 spiro atoms. The lowest BCUT2D eigenvalue weighted by Gasteiger charge is -2.31. The van der Waals surface area contributed by atoms with Crippen molar-refractivity contribution in [2.75, 3.05) is 6.54 Å². The Hall–Kier alpha value is -1.69. The van der Waals surface area contributed by atoms with Crippen molar-refractivity contribution in [1.29, 1.82) is 0 Å². The van der Waals surface area contributed by atoms with Crippen LogP contribution >= 0.6 is 0 Å². The summed E-state index contributed by atoms with van der Waals surface area (Å²) in [6.07, 6.45) is 1.56. The van der Waals surface area contributed by atoms with Gasteiger partial charge in [0.25, 0.3) is 10.2 Å². The van der Waals surface area contributed by atoms with E-state index in [0.717, 1.165) is 18.4 Å². The predicted molar refractivity (Wildman–Crippen MR) is 85.5 cm³/mol. The zero-order valence-corrected chi connectivity index (χ0v) is 13.0. The van der Waals surface area contributed by atoms with Crippen LogP contribution in [0.4, 0.5) is 0 Å². The Kier molecular flexibility index (Phi) is 3.11. The molecule has 1 aliphatic heterocycles. The van der Waals surface area contributed by atoms with Crippen LogP contribution in [-0.4, -0.2) is 24.8 Å². The molecule has 1 fully saturated rings. The number of hydrogen-bond donors (Lipinski definition) is 1. The van der Waals surface area contributed by atoms with E-state index in [1.807, 2.05) is 42.5 Å². The van der Waals surface area contributed by atoms with Gasteiger partial charge in [0.15, 0.2) is 0 Å². The third-order valence-corrected chi connectivity index (χ3v) is 6.34. The lowest BCUT2D eigenvalue weighted by atomic mass is 9.95. The Morgan fingerprint density at radius 2 is 1.55 bits per heavy atom. The molecule has 4 rings (SSSR count). The van der Waals surface area contributed by atoms with Gasteiger partial charge in [0.1, 0.15) is 0 Å². The fourth-order valence-corrected chi connectivity index (χ4v) is 5.25. The van der Waals surface area contributed by atoms with Gasteiger partial charge < -0.3 is 0 Å². The second-order valence-electron chi connectivity index (χ2n) is 6.16. The molecule has 0 unspecified atom stereocenters. The first-order valence-electron chi connectivity index (χ1n) is 7.47. The Bertz CT molecular complexity index is 777. The number of benzene rings is 2. The molecular weight excluding hydrogens is 296 g/mol. The lowest BCUT2D eigenvalue weighted by molar-refractivity contribution is 0.220. The maximum Gasteiger partial charge on any atom is 0.280 e. The van der Waals surface area contributed by atoms with E-state index in [9.17, 15) is 8.42 Å². The molecule has 114 valence electrons. The molecule has 0 aromatic heterocycles. The van der Waals surface area contributed by atoms with Crippen molar-refractivity contribution in [3.8, 4) is 0 Å². The Morgan fingerprint density at radius 3 is 2.18 bits per heavy atom. The van der Waals surface area contributed by atoms with Gasteiger partial charge in [-0.1, -0.05) is 54.6 Å². The van der Waals surface area contributed by atoms with Crippen LogP contribution in [-0.2, 0) is 29.6 Å². The molecule has 5 heteroatoms. The van der Waals surface area contributed by atoms with Crippen molar-refractivity contribution in [3.63, 3.8) is 0 Å². The summed E-state index contributed by atoms with van der Waals surface area (Å²) >= 11 is 0. The topological polar surface area (TPSA) is 49.4 Å². The molecule has 0 atom stereocenters. The first-order valence-corrected chi connectivity index (χ1v) is 8.91. The molecule has 4 nitrogen and oxygen atoms in total.